The fraction of sp³-hybridized carbons (Fsp3) is 0.625. The van der Waals surface area contributed by atoms with Gasteiger partial charge in [0.2, 0.25) is 0 Å². The zero-order valence-electron chi connectivity index (χ0n) is 11.6. The van der Waals surface area contributed by atoms with Crippen molar-refractivity contribution in [2.75, 3.05) is 13.2 Å². The Hall–Kier alpha value is -1.13. The standard InChI is InChI=1S/C16H21FO3/c17-13-3-6-16-12(7-13)8-15(20-16)10-19-14-4-1-11(9-18)2-5-14/h3,6-7,11,14-15,18H,1-2,4-5,8-10H2. The maximum Gasteiger partial charge on any atom is 0.126 e. The lowest BCUT2D eigenvalue weighted by molar-refractivity contribution is -0.0207. The maximum absolute atomic E-state index is 13.1. The number of fused-ring (bicyclic) bond motifs is 1. The summed E-state index contributed by atoms with van der Waals surface area (Å²) in [5, 5.41) is 9.11. The zero-order chi connectivity index (χ0) is 13.9. The highest BCUT2D eigenvalue weighted by atomic mass is 19.1. The molecule has 1 aromatic rings. The SMILES string of the molecule is OCC1CCC(OCC2Cc3cc(F)ccc3O2)CC1. The van der Waals surface area contributed by atoms with Gasteiger partial charge in [0.25, 0.3) is 0 Å². The highest BCUT2D eigenvalue weighted by Crippen LogP contribution is 2.30. The van der Waals surface area contributed by atoms with Gasteiger partial charge in [0.1, 0.15) is 17.7 Å². The number of rotatable bonds is 4. The fourth-order valence-electron chi connectivity index (χ4n) is 3.11. The van der Waals surface area contributed by atoms with E-state index in [4.69, 9.17) is 14.6 Å². The van der Waals surface area contributed by atoms with Crippen LogP contribution in [0.5, 0.6) is 5.75 Å². The lowest BCUT2D eigenvalue weighted by Gasteiger charge is -2.28. The van der Waals surface area contributed by atoms with E-state index in [2.05, 4.69) is 0 Å². The summed E-state index contributed by atoms with van der Waals surface area (Å²) in [4.78, 5) is 0. The van der Waals surface area contributed by atoms with E-state index in [0.29, 0.717) is 19.1 Å². The van der Waals surface area contributed by atoms with Crippen LogP contribution in [0.4, 0.5) is 4.39 Å². The van der Waals surface area contributed by atoms with Gasteiger partial charge in [-0.2, -0.15) is 0 Å². The summed E-state index contributed by atoms with van der Waals surface area (Å²) >= 11 is 0. The zero-order valence-corrected chi connectivity index (χ0v) is 11.6. The van der Waals surface area contributed by atoms with Crippen LogP contribution in [-0.2, 0) is 11.2 Å². The van der Waals surface area contributed by atoms with Gasteiger partial charge < -0.3 is 14.6 Å². The molecule has 1 N–H and O–H groups in total. The third-order valence-corrected chi connectivity index (χ3v) is 4.33. The van der Waals surface area contributed by atoms with Crippen LogP contribution in [0, 0.1) is 11.7 Å². The van der Waals surface area contributed by atoms with Crippen molar-refractivity contribution in [2.45, 2.75) is 44.3 Å². The minimum Gasteiger partial charge on any atom is -0.487 e. The third-order valence-electron chi connectivity index (χ3n) is 4.33. The Kier molecular flexibility index (Phi) is 4.22. The Bertz CT molecular complexity index is 455. The number of aliphatic hydroxyl groups is 1. The minimum atomic E-state index is -0.212. The molecule has 1 fully saturated rings. The van der Waals surface area contributed by atoms with Crippen molar-refractivity contribution in [1.29, 1.82) is 0 Å². The topological polar surface area (TPSA) is 38.7 Å². The molecule has 1 atom stereocenters. The van der Waals surface area contributed by atoms with Gasteiger partial charge in [-0.05, 0) is 49.8 Å². The summed E-state index contributed by atoms with van der Waals surface area (Å²) in [5.74, 6) is 1.02. The molecule has 2 aliphatic rings. The van der Waals surface area contributed by atoms with Gasteiger partial charge >= 0.3 is 0 Å². The minimum absolute atomic E-state index is 0.00219. The van der Waals surface area contributed by atoms with Crippen LogP contribution in [0.15, 0.2) is 18.2 Å². The summed E-state index contributed by atoms with van der Waals surface area (Å²) in [6.45, 7) is 0.851. The lowest BCUT2D eigenvalue weighted by Crippen LogP contribution is -2.28. The van der Waals surface area contributed by atoms with Crippen LogP contribution >= 0.6 is 0 Å². The maximum atomic E-state index is 13.1. The van der Waals surface area contributed by atoms with Gasteiger partial charge in [0, 0.05) is 18.6 Å². The molecule has 0 saturated heterocycles. The Labute approximate surface area is 118 Å². The molecule has 1 heterocycles. The normalized spacial score (nSPS) is 29.0. The van der Waals surface area contributed by atoms with Gasteiger partial charge in [-0.25, -0.2) is 4.39 Å². The van der Waals surface area contributed by atoms with Crippen LogP contribution in [0.3, 0.4) is 0 Å². The van der Waals surface area contributed by atoms with Crippen molar-refractivity contribution in [3.63, 3.8) is 0 Å². The Balaban J connectivity index is 1.45. The second kappa shape index (κ2) is 6.10. The summed E-state index contributed by atoms with van der Waals surface area (Å²) in [6, 6.07) is 4.66. The van der Waals surface area contributed by atoms with E-state index in [9.17, 15) is 4.39 Å². The first-order valence-electron chi connectivity index (χ1n) is 7.42. The van der Waals surface area contributed by atoms with Gasteiger partial charge in [0.05, 0.1) is 12.7 Å². The van der Waals surface area contributed by atoms with E-state index in [-0.39, 0.29) is 18.0 Å². The van der Waals surface area contributed by atoms with Crippen LogP contribution in [0.25, 0.3) is 0 Å². The van der Waals surface area contributed by atoms with Crippen LogP contribution in [0.1, 0.15) is 31.2 Å². The number of aliphatic hydroxyl groups excluding tert-OH is 1. The smallest absolute Gasteiger partial charge is 0.126 e. The first kappa shape index (κ1) is 13.8. The molecule has 20 heavy (non-hydrogen) atoms. The molecule has 1 saturated carbocycles. The largest absolute Gasteiger partial charge is 0.487 e. The number of ether oxygens (including phenoxy) is 2. The number of hydrogen-bond acceptors (Lipinski definition) is 3. The monoisotopic (exact) mass is 280 g/mol. The van der Waals surface area contributed by atoms with Crippen molar-refractivity contribution >= 4 is 0 Å². The Morgan fingerprint density at radius 1 is 1.25 bits per heavy atom. The molecular formula is C16H21FO3. The molecule has 0 aromatic heterocycles. The Morgan fingerprint density at radius 3 is 2.80 bits per heavy atom. The molecule has 4 heteroatoms. The molecule has 1 unspecified atom stereocenters. The summed E-state index contributed by atoms with van der Waals surface area (Å²) in [7, 11) is 0. The average molecular weight is 280 g/mol. The van der Waals surface area contributed by atoms with Gasteiger partial charge in [-0.15, -0.1) is 0 Å². The van der Waals surface area contributed by atoms with Gasteiger partial charge in [-0.3, -0.25) is 0 Å². The number of hydrogen-bond donors (Lipinski definition) is 1. The predicted molar refractivity (Wildman–Crippen MR) is 73.3 cm³/mol. The summed E-state index contributed by atoms with van der Waals surface area (Å²) in [5.41, 5.74) is 0.933. The van der Waals surface area contributed by atoms with Gasteiger partial charge in [0.15, 0.2) is 0 Å². The fourth-order valence-corrected chi connectivity index (χ4v) is 3.11. The van der Waals surface area contributed by atoms with E-state index in [1.54, 1.807) is 12.1 Å². The molecule has 1 aromatic carbocycles. The van der Waals surface area contributed by atoms with Crippen molar-refractivity contribution < 1.29 is 19.0 Å². The molecule has 0 radical (unpaired) electrons. The molecular weight excluding hydrogens is 259 g/mol. The number of halogens is 1. The highest BCUT2D eigenvalue weighted by Gasteiger charge is 2.26. The van der Waals surface area contributed by atoms with Crippen molar-refractivity contribution in [3.05, 3.63) is 29.6 Å². The molecule has 1 aliphatic carbocycles. The molecule has 0 bridgehead atoms. The molecule has 0 amide bonds. The molecule has 3 rings (SSSR count). The van der Waals surface area contributed by atoms with Crippen LogP contribution in [0.2, 0.25) is 0 Å². The first-order chi connectivity index (χ1) is 9.74. The second-order valence-corrected chi connectivity index (χ2v) is 5.85. The lowest BCUT2D eigenvalue weighted by atomic mass is 9.88. The molecule has 1 aliphatic heterocycles. The van der Waals surface area contributed by atoms with E-state index in [1.165, 1.54) is 6.07 Å². The van der Waals surface area contributed by atoms with E-state index >= 15 is 0 Å². The quantitative estimate of drug-likeness (QED) is 0.921. The predicted octanol–water partition coefficient (Wildman–Crippen LogP) is 2.70. The summed E-state index contributed by atoms with van der Waals surface area (Å²) < 4.78 is 24.8. The molecule has 110 valence electrons. The molecule has 0 spiro atoms. The first-order valence-corrected chi connectivity index (χ1v) is 7.42. The Morgan fingerprint density at radius 2 is 2.05 bits per heavy atom. The van der Waals surface area contributed by atoms with E-state index < -0.39 is 0 Å². The van der Waals surface area contributed by atoms with Gasteiger partial charge in [-0.1, -0.05) is 0 Å². The average Bonchev–Trinajstić information content (AvgIpc) is 2.87. The number of benzene rings is 1. The van der Waals surface area contributed by atoms with E-state index in [0.717, 1.165) is 43.4 Å². The van der Waals surface area contributed by atoms with Crippen molar-refractivity contribution in [2.24, 2.45) is 5.92 Å². The molecule has 3 nitrogen and oxygen atoms in total. The van der Waals surface area contributed by atoms with Crippen LogP contribution in [-0.4, -0.2) is 30.5 Å². The van der Waals surface area contributed by atoms with Crippen molar-refractivity contribution in [3.8, 4) is 5.75 Å². The van der Waals surface area contributed by atoms with E-state index in [1.807, 2.05) is 0 Å². The van der Waals surface area contributed by atoms with Crippen LogP contribution < -0.4 is 4.74 Å². The van der Waals surface area contributed by atoms with Crippen molar-refractivity contribution in [1.82, 2.24) is 0 Å². The third kappa shape index (κ3) is 3.13. The summed E-state index contributed by atoms with van der Waals surface area (Å²) in [6.07, 6.45) is 5.11. The highest BCUT2D eigenvalue weighted by molar-refractivity contribution is 5.37. The second-order valence-electron chi connectivity index (χ2n) is 5.85.